The summed E-state index contributed by atoms with van der Waals surface area (Å²) in [5.74, 6) is 1.16. The van der Waals surface area contributed by atoms with Crippen molar-refractivity contribution in [2.24, 2.45) is 27.2 Å². The van der Waals surface area contributed by atoms with Crippen LogP contribution in [-0.4, -0.2) is 30.7 Å². The lowest BCUT2D eigenvalue weighted by Crippen LogP contribution is -2.73. The van der Waals surface area contributed by atoms with Crippen LogP contribution in [0.4, 0.5) is 5.69 Å². The molecule has 2 aliphatic carbocycles. The molecule has 110 valence electrons. The monoisotopic (exact) mass is 290 g/mol. The third kappa shape index (κ3) is 0.960. The summed E-state index contributed by atoms with van der Waals surface area (Å²) in [6, 6.07) is 9.02. The minimum Gasteiger partial charge on any atom is -0.372 e. The van der Waals surface area contributed by atoms with Crippen molar-refractivity contribution in [3.8, 4) is 0 Å². The fourth-order valence-electron chi connectivity index (χ4n) is 6.17. The van der Waals surface area contributed by atoms with Gasteiger partial charge < -0.3 is 4.74 Å². The molecule has 0 radical (unpaired) electrons. The summed E-state index contributed by atoms with van der Waals surface area (Å²) in [5, 5.41) is 0. The first-order chi connectivity index (χ1) is 10.8. The van der Waals surface area contributed by atoms with E-state index in [0.29, 0.717) is 17.9 Å². The second-order valence-corrected chi connectivity index (χ2v) is 7.43. The molecule has 1 saturated heterocycles. The van der Waals surface area contributed by atoms with E-state index in [1.54, 1.807) is 0 Å². The van der Waals surface area contributed by atoms with Crippen molar-refractivity contribution in [3.05, 3.63) is 42.5 Å². The lowest BCUT2D eigenvalue weighted by Gasteiger charge is -2.67. The molecular formula is C19H18N2O. The average molecular weight is 290 g/mol. The number of benzene rings is 1. The predicted octanol–water partition coefficient (Wildman–Crippen LogP) is 3.07. The fourth-order valence-corrected chi connectivity index (χ4v) is 6.17. The lowest BCUT2D eigenvalue weighted by molar-refractivity contribution is -0.106. The Labute approximate surface area is 129 Å². The first-order valence-corrected chi connectivity index (χ1v) is 8.28. The molecule has 3 unspecified atom stereocenters. The highest BCUT2D eigenvalue weighted by Crippen LogP contribution is 2.69. The molecular weight excluding hydrogens is 272 g/mol. The van der Waals surface area contributed by atoms with Gasteiger partial charge in [0.15, 0.2) is 0 Å². The Morgan fingerprint density at radius 1 is 1.32 bits per heavy atom. The van der Waals surface area contributed by atoms with E-state index in [1.165, 1.54) is 11.3 Å². The van der Waals surface area contributed by atoms with Crippen molar-refractivity contribution in [2.45, 2.75) is 30.4 Å². The van der Waals surface area contributed by atoms with Crippen LogP contribution in [0.5, 0.6) is 0 Å². The lowest BCUT2D eigenvalue weighted by atomic mass is 9.39. The third-order valence-electron chi connectivity index (χ3n) is 7.00. The molecule has 3 fully saturated rings. The Morgan fingerprint density at radius 3 is 3.14 bits per heavy atom. The molecule has 22 heavy (non-hydrogen) atoms. The zero-order valence-electron chi connectivity index (χ0n) is 12.4. The molecule has 0 amide bonds. The van der Waals surface area contributed by atoms with Gasteiger partial charge in [-0.25, -0.2) is 0 Å². The third-order valence-corrected chi connectivity index (χ3v) is 7.00. The SMILES string of the molecule is C=CC12C=NC3C[C@]14C(=Nc1ccccc14)C1C[C@@H]2[C@@H]3CO1. The molecule has 4 aliphatic heterocycles. The Morgan fingerprint density at radius 2 is 2.23 bits per heavy atom. The summed E-state index contributed by atoms with van der Waals surface area (Å²) >= 11 is 0. The molecule has 3 nitrogen and oxygen atoms in total. The van der Waals surface area contributed by atoms with E-state index >= 15 is 0 Å². The van der Waals surface area contributed by atoms with E-state index in [4.69, 9.17) is 14.7 Å². The molecule has 1 aromatic carbocycles. The van der Waals surface area contributed by atoms with Gasteiger partial charge in [-0.1, -0.05) is 24.3 Å². The maximum Gasteiger partial charge on any atom is 0.0969 e. The standard InChI is InChI=1S/C19H18N2O/c1-2-18-10-20-15-8-19(18)12-5-3-4-6-14(12)21-17(19)16-7-13(18)11(15)9-22-16/h2-6,10-11,13,15-16H,1,7-9H2/t11-,13+,15?,16?,18?,19-/m0/s1. The molecule has 2 saturated carbocycles. The van der Waals surface area contributed by atoms with E-state index in [2.05, 4.69) is 43.1 Å². The smallest absolute Gasteiger partial charge is 0.0969 e. The number of fused-ring (bicyclic) bond motifs is 3. The van der Waals surface area contributed by atoms with Gasteiger partial charge in [0.25, 0.3) is 0 Å². The number of allylic oxidation sites excluding steroid dienone is 1. The van der Waals surface area contributed by atoms with Crippen molar-refractivity contribution in [2.75, 3.05) is 6.61 Å². The van der Waals surface area contributed by atoms with Gasteiger partial charge in [-0.15, -0.1) is 6.58 Å². The topological polar surface area (TPSA) is 34.0 Å². The summed E-state index contributed by atoms with van der Waals surface area (Å²) < 4.78 is 6.23. The van der Waals surface area contributed by atoms with Gasteiger partial charge in [0, 0.05) is 17.5 Å². The molecule has 7 rings (SSSR count). The van der Waals surface area contributed by atoms with Crippen LogP contribution >= 0.6 is 0 Å². The summed E-state index contributed by atoms with van der Waals surface area (Å²) in [6.45, 7) is 5.09. The summed E-state index contributed by atoms with van der Waals surface area (Å²) in [5.41, 5.74) is 3.63. The molecule has 6 aliphatic rings. The van der Waals surface area contributed by atoms with Crippen LogP contribution in [0.2, 0.25) is 0 Å². The zero-order valence-corrected chi connectivity index (χ0v) is 12.4. The number of ether oxygens (including phenoxy) is 1. The molecule has 4 heterocycles. The Bertz CT molecular complexity index is 781. The number of rotatable bonds is 1. The number of hydrogen-bond acceptors (Lipinski definition) is 3. The van der Waals surface area contributed by atoms with Gasteiger partial charge >= 0.3 is 0 Å². The Hall–Kier alpha value is -1.74. The molecule has 3 heteroatoms. The Balaban J connectivity index is 1.75. The largest absolute Gasteiger partial charge is 0.372 e. The fraction of sp³-hybridized carbons (Fsp3) is 0.474. The van der Waals surface area contributed by atoms with Gasteiger partial charge in [-0.2, -0.15) is 0 Å². The Kier molecular flexibility index (Phi) is 1.84. The molecule has 0 aromatic heterocycles. The minimum atomic E-state index is -0.0713. The van der Waals surface area contributed by atoms with Gasteiger partial charge in [-0.05, 0) is 30.4 Å². The van der Waals surface area contributed by atoms with E-state index in [1.807, 2.05) is 0 Å². The van der Waals surface area contributed by atoms with Crippen molar-refractivity contribution in [1.29, 1.82) is 0 Å². The van der Waals surface area contributed by atoms with E-state index < -0.39 is 0 Å². The van der Waals surface area contributed by atoms with E-state index in [-0.39, 0.29) is 16.9 Å². The molecule has 5 bridgehead atoms. The summed E-state index contributed by atoms with van der Waals surface area (Å²) in [7, 11) is 0. The predicted molar refractivity (Wildman–Crippen MR) is 86.1 cm³/mol. The summed E-state index contributed by atoms with van der Waals surface area (Å²) in [6.07, 6.45) is 6.76. The van der Waals surface area contributed by atoms with E-state index in [0.717, 1.165) is 25.1 Å². The van der Waals surface area contributed by atoms with Crippen molar-refractivity contribution in [1.82, 2.24) is 0 Å². The normalized spacial score (nSPS) is 48.8. The molecule has 1 aromatic rings. The maximum absolute atomic E-state index is 6.23. The number of aliphatic imine (C=N–C) groups is 2. The van der Waals surface area contributed by atoms with Crippen LogP contribution in [0, 0.1) is 17.3 Å². The zero-order chi connectivity index (χ0) is 14.5. The molecule has 6 atom stereocenters. The number of hydrogen-bond donors (Lipinski definition) is 0. The minimum absolute atomic E-state index is 0.0533. The first-order valence-electron chi connectivity index (χ1n) is 8.28. The number of para-hydroxylation sites is 1. The maximum atomic E-state index is 6.23. The second-order valence-electron chi connectivity index (χ2n) is 7.43. The number of nitrogens with zero attached hydrogens (tertiary/aromatic N) is 2. The van der Waals surface area contributed by atoms with E-state index in [9.17, 15) is 0 Å². The highest BCUT2D eigenvalue weighted by molar-refractivity contribution is 6.10. The van der Waals surface area contributed by atoms with Crippen LogP contribution in [0.1, 0.15) is 18.4 Å². The average Bonchev–Trinajstić information content (AvgIpc) is 2.90. The molecule has 1 spiro atoms. The van der Waals surface area contributed by atoms with Crippen LogP contribution < -0.4 is 0 Å². The van der Waals surface area contributed by atoms with Crippen LogP contribution in [-0.2, 0) is 10.2 Å². The highest BCUT2D eigenvalue weighted by atomic mass is 16.5. The van der Waals surface area contributed by atoms with Gasteiger partial charge in [-0.3, -0.25) is 9.98 Å². The molecule has 0 N–H and O–H groups in total. The van der Waals surface area contributed by atoms with Crippen molar-refractivity contribution in [3.63, 3.8) is 0 Å². The van der Waals surface area contributed by atoms with Gasteiger partial charge in [0.2, 0.25) is 0 Å². The van der Waals surface area contributed by atoms with Crippen LogP contribution in [0.15, 0.2) is 46.9 Å². The summed E-state index contributed by atoms with van der Waals surface area (Å²) in [4.78, 5) is 9.95. The van der Waals surface area contributed by atoms with Crippen LogP contribution in [0.25, 0.3) is 0 Å². The van der Waals surface area contributed by atoms with Crippen molar-refractivity contribution >= 4 is 17.6 Å². The highest BCUT2D eigenvalue weighted by Gasteiger charge is 2.72. The van der Waals surface area contributed by atoms with Gasteiger partial charge in [0.05, 0.1) is 35.6 Å². The van der Waals surface area contributed by atoms with Crippen molar-refractivity contribution < 1.29 is 4.74 Å². The quantitative estimate of drug-likeness (QED) is 0.732. The second kappa shape index (κ2) is 3.43. The van der Waals surface area contributed by atoms with Crippen LogP contribution in [0.3, 0.4) is 0 Å². The van der Waals surface area contributed by atoms with Gasteiger partial charge in [0.1, 0.15) is 0 Å². The first kappa shape index (κ1) is 11.8.